The molecule has 0 bridgehead atoms. The lowest BCUT2D eigenvalue weighted by molar-refractivity contribution is 1.56. The number of hydrogen-bond donors (Lipinski definition) is 0. The van der Waals surface area contributed by atoms with Crippen molar-refractivity contribution in [1.29, 1.82) is 0 Å². The summed E-state index contributed by atoms with van der Waals surface area (Å²) in [5, 5.41) is 0. The lowest BCUT2D eigenvalue weighted by Crippen LogP contribution is -1.56. The fourth-order valence-electron chi connectivity index (χ4n) is 0.331. The maximum atomic E-state index is 3.71. The standard InChI is InChI=1S/C8H12/c1-4-5-6-7-8(2)3/h4-7H,2H2,1,3H3/b5-4?,7-6+. The Morgan fingerprint density at radius 1 is 1.38 bits per heavy atom. The van der Waals surface area contributed by atoms with E-state index in [9.17, 15) is 0 Å². The van der Waals surface area contributed by atoms with Crippen LogP contribution in [-0.4, -0.2) is 0 Å². The van der Waals surface area contributed by atoms with Gasteiger partial charge in [-0.2, -0.15) is 0 Å². The van der Waals surface area contributed by atoms with Crippen LogP contribution in [-0.2, 0) is 0 Å². The lowest BCUT2D eigenvalue weighted by Gasteiger charge is -1.78. The van der Waals surface area contributed by atoms with Gasteiger partial charge in [0.1, 0.15) is 0 Å². The minimum absolute atomic E-state index is 1.09. The minimum atomic E-state index is 1.09. The van der Waals surface area contributed by atoms with Gasteiger partial charge in [0, 0.05) is 0 Å². The topological polar surface area (TPSA) is 0 Å². The molecule has 0 aromatic carbocycles. The van der Waals surface area contributed by atoms with Crippen molar-refractivity contribution >= 4 is 0 Å². The third-order valence-electron chi connectivity index (χ3n) is 0.684. The molecule has 44 valence electrons. The highest BCUT2D eigenvalue weighted by Gasteiger charge is 1.66. The Bertz CT molecular complexity index is 116. The molecule has 0 atom stereocenters. The quantitative estimate of drug-likeness (QED) is 0.477. The molecule has 0 radical (unpaired) electrons. The van der Waals surface area contributed by atoms with Crippen LogP contribution in [0.3, 0.4) is 0 Å². The third-order valence-corrected chi connectivity index (χ3v) is 0.684. The Kier molecular flexibility index (Phi) is 3.95. The average Bonchev–Trinajstić information content (AvgIpc) is 1.66. The van der Waals surface area contributed by atoms with E-state index in [0.717, 1.165) is 5.57 Å². The molecular formula is C8H12. The van der Waals surface area contributed by atoms with Gasteiger partial charge < -0.3 is 0 Å². The zero-order valence-electron chi connectivity index (χ0n) is 5.52. The van der Waals surface area contributed by atoms with Crippen LogP contribution in [0.15, 0.2) is 36.5 Å². The van der Waals surface area contributed by atoms with Crippen LogP contribution in [0.4, 0.5) is 0 Å². The first-order valence-electron chi connectivity index (χ1n) is 2.72. The molecule has 0 fully saturated rings. The van der Waals surface area contributed by atoms with Crippen molar-refractivity contribution in [3.8, 4) is 0 Å². The minimum Gasteiger partial charge on any atom is -0.0961 e. The molecule has 0 saturated heterocycles. The molecule has 0 aromatic heterocycles. The average molecular weight is 108 g/mol. The highest BCUT2D eigenvalue weighted by atomic mass is 13.7. The van der Waals surface area contributed by atoms with Crippen LogP contribution in [0.2, 0.25) is 0 Å². The van der Waals surface area contributed by atoms with Crippen molar-refractivity contribution in [2.75, 3.05) is 0 Å². The van der Waals surface area contributed by atoms with E-state index >= 15 is 0 Å². The van der Waals surface area contributed by atoms with Gasteiger partial charge in [0.25, 0.3) is 0 Å². The van der Waals surface area contributed by atoms with E-state index in [4.69, 9.17) is 0 Å². The van der Waals surface area contributed by atoms with E-state index < -0.39 is 0 Å². The summed E-state index contributed by atoms with van der Waals surface area (Å²) in [7, 11) is 0. The molecule has 0 unspecified atom stereocenters. The molecule has 0 aliphatic rings. The molecular weight excluding hydrogens is 96.1 g/mol. The SMILES string of the molecule is C=C(C)/C=C/C=CC. The van der Waals surface area contributed by atoms with Gasteiger partial charge in [0.15, 0.2) is 0 Å². The van der Waals surface area contributed by atoms with Gasteiger partial charge in [0.05, 0.1) is 0 Å². The lowest BCUT2D eigenvalue weighted by atomic mass is 10.3. The van der Waals surface area contributed by atoms with E-state index in [1.807, 2.05) is 38.2 Å². The van der Waals surface area contributed by atoms with Crippen molar-refractivity contribution in [1.82, 2.24) is 0 Å². The van der Waals surface area contributed by atoms with E-state index in [1.54, 1.807) is 0 Å². The van der Waals surface area contributed by atoms with Gasteiger partial charge >= 0.3 is 0 Å². The van der Waals surface area contributed by atoms with Gasteiger partial charge in [-0.3, -0.25) is 0 Å². The van der Waals surface area contributed by atoms with Gasteiger partial charge in [0.2, 0.25) is 0 Å². The second-order valence-electron chi connectivity index (χ2n) is 1.73. The smallest absolute Gasteiger partial charge is 0.0404 e. The molecule has 0 saturated carbocycles. The first kappa shape index (κ1) is 7.22. The Morgan fingerprint density at radius 3 is 2.38 bits per heavy atom. The van der Waals surface area contributed by atoms with E-state index in [-0.39, 0.29) is 0 Å². The summed E-state index contributed by atoms with van der Waals surface area (Å²) < 4.78 is 0. The zero-order chi connectivity index (χ0) is 6.41. The van der Waals surface area contributed by atoms with E-state index in [0.29, 0.717) is 0 Å². The Balaban J connectivity index is 3.50. The highest BCUT2D eigenvalue weighted by Crippen LogP contribution is 1.88. The van der Waals surface area contributed by atoms with Gasteiger partial charge in [-0.25, -0.2) is 0 Å². The molecule has 0 aromatic rings. The van der Waals surface area contributed by atoms with Crippen molar-refractivity contribution < 1.29 is 0 Å². The van der Waals surface area contributed by atoms with Gasteiger partial charge in [-0.15, -0.1) is 0 Å². The third kappa shape index (κ3) is 5.22. The maximum absolute atomic E-state index is 3.71. The summed E-state index contributed by atoms with van der Waals surface area (Å²) >= 11 is 0. The summed E-state index contributed by atoms with van der Waals surface area (Å²) in [6.07, 6.45) is 7.91. The second kappa shape index (κ2) is 4.38. The van der Waals surface area contributed by atoms with Crippen LogP contribution in [0.1, 0.15) is 13.8 Å². The van der Waals surface area contributed by atoms with Crippen LogP contribution >= 0.6 is 0 Å². The van der Waals surface area contributed by atoms with Crippen molar-refractivity contribution in [2.24, 2.45) is 0 Å². The number of hydrogen-bond acceptors (Lipinski definition) is 0. The molecule has 0 N–H and O–H groups in total. The Labute approximate surface area is 51.2 Å². The van der Waals surface area contributed by atoms with Crippen molar-refractivity contribution in [3.63, 3.8) is 0 Å². The molecule has 0 aliphatic carbocycles. The van der Waals surface area contributed by atoms with Crippen molar-refractivity contribution in [2.45, 2.75) is 13.8 Å². The molecule has 8 heavy (non-hydrogen) atoms. The highest BCUT2D eigenvalue weighted by molar-refractivity contribution is 5.16. The molecule has 0 heteroatoms. The van der Waals surface area contributed by atoms with E-state index in [2.05, 4.69) is 6.58 Å². The monoisotopic (exact) mass is 108 g/mol. The summed E-state index contributed by atoms with van der Waals surface area (Å²) in [5.41, 5.74) is 1.09. The molecule has 0 heterocycles. The fraction of sp³-hybridized carbons (Fsp3) is 0.250. The predicted molar refractivity (Wildman–Crippen MR) is 38.8 cm³/mol. The van der Waals surface area contributed by atoms with Crippen LogP contribution in [0.25, 0.3) is 0 Å². The summed E-state index contributed by atoms with van der Waals surface area (Å²) in [6, 6.07) is 0. The molecule has 0 rings (SSSR count). The number of allylic oxidation sites excluding steroid dienone is 5. The van der Waals surface area contributed by atoms with Crippen LogP contribution in [0.5, 0.6) is 0 Å². The second-order valence-corrected chi connectivity index (χ2v) is 1.73. The summed E-state index contributed by atoms with van der Waals surface area (Å²) in [4.78, 5) is 0. The number of rotatable bonds is 2. The Morgan fingerprint density at radius 2 is 2.00 bits per heavy atom. The van der Waals surface area contributed by atoms with Crippen molar-refractivity contribution in [3.05, 3.63) is 36.5 Å². The van der Waals surface area contributed by atoms with Gasteiger partial charge in [-0.1, -0.05) is 36.5 Å². The fourth-order valence-corrected chi connectivity index (χ4v) is 0.331. The first-order valence-corrected chi connectivity index (χ1v) is 2.72. The molecule has 0 aliphatic heterocycles. The summed E-state index contributed by atoms with van der Waals surface area (Å²) in [6.45, 7) is 7.67. The molecule has 0 amide bonds. The van der Waals surface area contributed by atoms with Crippen LogP contribution in [0, 0.1) is 0 Å². The molecule has 0 spiro atoms. The van der Waals surface area contributed by atoms with Gasteiger partial charge in [-0.05, 0) is 13.8 Å². The Hall–Kier alpha value is -0.780. The van der Waals surface area contributed by atoms with E-state index in [1.165, 1.54) is 0 Å². The first-order chi connectivity index (χ1) is 3.77. The normalized spacial score (nSPS) is 11.2. The summed E-state index contributed by atoms with van der Waals surface area (Å²) in [5.74, 6) is 0. The molecule has 0 nitrogen and oxygen atoms in total. The zero-order valence-corrected chi connectivity index (χ0v) is 5.52. The predicted octanol–water partition coefficient (Wildman–Crippen LogP) is 2.69. The van der Waals surface area contributed by atoms with Crippen LogP contribution < -0.4 is 0 Å². The maximum Gasteiger partial charge on any atom is -0.0404 e. The largest absolute Gasteiger partial charge is 0.0961 e.